The van der Waals surface area contributed by atoms with Gasteiger partial charge in [-0.3, -0.25) is 9.59 Å². The summed E-state index contributed by atoms with van der Waals surface area (Å²) in [4.78, 5) is 25.5. The molecule has 0 saturated carbocycles. The number of rotatable bonds is 8. The van der Waals surface area contributed by atoms with Crippen LogP contribution in [0.3, 0.4) is 0 Å². The first-order valence-electron chi connectivity index (χ1n) is 8.64. The molecule has 0 radical (unpaired) electrons. The van der Waals surface area contributed by atoms with Gasteiger partial charge in [0.25, 0.3) is 5.91 Å². The Kier molecular flexibility index (Phi) is 7.43. The number of nitrogens with one attached hydrogen (secondary N) is 2. The topological polar surface area (TPSA) is 61.4 Å². The van der Waals surface area contributed by atoms with Crippen molar-refractivity contribution < 1.29 is 9.59 Å². The monoisotopic (exact) mass is 351 g/mol. The Bertz CT molecular complexity index is 740. The molecule has 0 aliphatic heterocycles. The van der Waals surface area contributed by atoms with Crippen LogP contribution in [0.5, 0.6) is 0 Å². The summed E-state index contributed by atoms with van der Waals surface area (Å²) in [7, 11) is 3.64. The van der Waals surface area contributed by atoms with Crippen molar-refractivity contribution in [2.24, 2.45) is 0 Å². The standard InChI is InChI=1S/C21H25N3O2/c1-22-21(26)18-12-9-17(10-13-18)11-14-20(25)23-15-6-16-24(2)19-7-4-3-5-8-19/h3-5,7-14H,6,15-16H2,1-2H3,(H,22,26)(H,23,25)/b14-11+. The first kappa shape index (κ1) is 19.2. The molecule has 0 aliphatic carbocycles. The number of carbonyl (C=O) groups excluding carboxylic acids is 2. The first-order valence-corrected chi connectivity index (χ1v) is 8.64. The molecule has 5 nitrogen and oxygen atoms in total. The molecule has 5 heteroatoms. The molecule has 0 spiro atoms. The molecule has 2 aromatic carbocycles. The SMILES string of the molecule is CNC(=O)c1ccc(/C=C/C(=O)NCCCN(C)c2ccccc2)cc1. The van der Waals surface area contributed by atoms with E-state index in [2.05, 4.69) is 27.7 Å². The minimum Gasteiger partial charge on any atom is -0.375 e. The zero-order valence-corrected chi connectivity index (χ0v) is 15.2. The second-order valence-electron chi connectivity index (χ2n) is 5.94. The molecule has 0 unspecified atom stereocenters. The highest BCUT2D eigenvalue weighted by molar-refractivity contribution is 5.94. The van der Waals surface area contributed by atoms with Crippen molar-refractivity contribution in [3.63, 3.8) is 0 Å². The first-order chi connectivity index (χ1) is 12.6. The van der Waals surface area contributed by atoms with Gasteiger partial charge in [0.2, 0.25) is 5.91 Å². The average molecular weight is 351 g/mol. The number of hydrogen-bond acceptors (Lipinski definition) is 3. The highest BCUT2D eigenvalue weighted by atomic mass is 16.2. The lowest BCUT2D eigenvalue weighted by Crippen LogP contribution is -2.26. The van der Waals surface area contributed by atoms with Gasteiger partial charge in [-0.1, -0.05) is 30.3 Å². The predicted molar refractivity (Wildman–Crippen MR) is 106 cm³/mol. The third kappa shape index (κ3) is 6.09. The third-order valence-corrected chi connectivity index (χ3v) is 3.99. The normalized spacial score (nSPS) is 10.5. The van der Waals surface area contributed by atoms with Crippen LogP contribution < -0.4 is 15.5 Å². The van der Waals surface area contributed by atoms with Crippen LogP contribution in [0.25, 0.3) is 6.08 Å². The molecule has 2 rings (SSSR count). The molecule has 0 aromatic heterocycles. The largest absolute Gasteiger partial charge is 0.375 e. The molecular weight excluding hydrogens is 326 g/mol. The highest BCUT2D eigenvalue weighted by Gasteiger charge is 2.02. The van der Waals surface area contributed by atoms with Gasteiger partial charge in [0.05, 0.1) is 0 Å². The van der Waals surface area contributed by atoms with Gasteiger partial charge in [0, 0.05) is 44.5 Å². The summed E-state index contributed by atoms with van der Waals surface area (Å²) < 4.78 is 0. The van der Waals surface area contributed by atoms with Crippen LogP contribution in [0, 0.1) is 0 Å². The van der Waals surface area contributed by atoms with Gasteiger partial charge in [-0.15, -0.1) is 0 Å². The molecule has 2 amide bonds. The smallest absolute Gasteiger partial charge is 0.251 e. The van der Waals surface area contributed by atoms with Crippen LogP contribution >= 0.6 is 0 Å². The Morgan fingerprint density at radius 2 is 1.73 bits per heavy atom. The minimum absolute atomic E-state index is 0.122. The van der Waals surface area contributed by atoms with E-state index in [0.29, 0.717) is 12.1 Å². The fraction of sp³-hybridized carbons (Fsp3) is 0.238. The fourth-order valence-corrected chi connectivity index (χ4v) is 2.46. The summed E-state index contributed by atoms with van der Waals surface area (Å²) in [6.07, 6.45) is 4.11. The Balaban J connectivity index is 1.71. The Hall–Kier alpha value is -3.08. The van der Waals surface area contributed by atoms with E-state index in [1.165, 1.54) is 11.8 Å². The fourth-order valence-electron chi connectivity index (χ4n) is 2.46. The maximum absolute atomic E-state index is 11.9. The Morgan fingerprint density at radius 1 is 1.04 bits per heavy atom. The van der Waals surface area contributed by atoms with Gasteiger partial charge in [-0.2, -0.15) is 0 Å². The van der Waals surface area contributed by atoms with Gasteiger partial charge in [-0.05, 0) is 42.3 Å². The van der Waals surface area contributed by atoms with Crippen LogP contribution in [0.2, 0.25) is 0 Å². The van der Waals surface area contributed by atoms with E-state index in [-0.39, 0.29) is 11.8 Å². The maximum Gasteiger partial charge on any atom is 0.251 e. The summed E-state index contributed by atoms with van der Waals surface area (Å²) in [5, 5.41) is 5.46. The van der Waals surface area contributed by atoms with Gasteiger partial charge in [0.1, 0.15) is 0 Å². The Morgan fingerprint density at radius 3 is 2.38 bits per heavy atom. The van der Waals surface area contributed by atoms with Crippen LogP contribution in [0.15, 0.2) is 60.7 Å². The van der Waals surface area contributed by atoms with Crippen molar-refractivity contribution in [2.75, 3.05) is 32.1 Å². The van der Waals surface area contributed by atoms with Crippen molar-refractivity contribution in [1.29, 1.82) is 0 Å². The van der Waals surface area contributed by atoms with E-state index in [1.54, 1.807) is 25.3 Å². The average Bonchev–Trinajstić information content (AvgIpc) is 2.70. The summed E-state index contributed by atoms with van der Waals surface area (Å²) in [5.74, 6) is -0.249. The van der Waals surface area contributed by atoms with Crippen molar-refractivity contribution in [2.45, 2.75) is 6.42 Å². The third-order valence-electron chi connectivity index (χ3n) is 3.99. The van der Waals surface area contributed by atoms with E-state index >= 15 is 0 Å². The predicted octanol–water partition coefficient (Wildman–Crippen LogP) is 2.70. The van der Waals surface area contributed by atoms with E-state index in [4.69, 9.17) is 0 Å². The van der Waals surface area contributed by atoms with Gasteiger partial charge >= 0.3 is 0 Å². The minimum atomic E-state index is -0.126. The zero-order chi connectivity index (χ0) is 18.8. The molecule has 0 atom stereocenters. The van der Waals surface area contributed by atoms with E-state index in [9.17, 15) is 9.59 Å². The van der Waals surface area contributed by atoms with Crippen LogP contribution in [-0.2, 0) is 4.79 Å². The van der Waals surface area contributed by atoms with Crippen LogP contribution in [0.1, 0.15) is 22.3 Å². The van der Waals surface area contributed by atoms with Gasteiger partial charge < -0.3 is 15.5 Å². The number of amides is 2. The number of anilines is 1. The number of para-hydroxylation sites is 1. The molecule has 0 saturated heterocycles. The number of hydrogen-bond donors (Lipinski definition) is 2. The van der Waals surface area contributed by atoms with Crippen molar-refractivity contribution in [1.82, 2.24) is 10.6 Å². The summed E-state index contributed by atoms with van der Waals surface area (Å²) >= 11 is 0. The molecule has 2 N–H and O–H groups in total. The summed E-state index contributed by atoms with van der Waals surface area (Å²) in [6, 6.07) is 17.2. The maximum atomic E-state index is 11.9. The van der Waals surface area contributed by atoms with Crippen molar-refractivity contribution >= 4 is 23.6 Å². The molecular formula is C21H25N3O2. The second kappa shape index (κ2) is 10.0. The number of carbonyl (C=O) groups is 2. The summed E-state index contributed by atoms with van der Waals surface area (Å²) in [5.41, 5.74) is 2.63. The lowest BCUT2D eigenvalue weighted by molar-refractivity contribution is -0.116. The molecule has 0 heterocycles. The highest BCUT2D eigenvalue weighted by Crippen LogP contribution is 2.10. The van der Waals surface area contributed by atoms with E-state index in [1.807, 2.05) is 37.4 Å². The van der Waals surface area contributed by atoms with Crippen LogP contribution in [-0.4, -0.2) is 39.0 Å². The second-order valence-corrected chi connectivity index (χ2v) is 5.94. The molecule has 0 bridgehead atoms. The number of nitrogens with zero attached hydrogens (tertiary/aromatic N) is 1. The lowest BCUT2D eigenvalue weighted by Gasteiger charge is -2.19. The van der Waals surface area contributed by atoms with Crippen molar-refractivity contribution in [3.05, 3.63) is 71.8 Å². The molecule has 136 valence electrons. The molecule has 0 aliphatic rings. The zero-order valence-electron chi connectivity index (χ0n) is 15.2. The Labute approximate surface area is 154 Å². The lowest BCUT2D eigenvalue weighted by atomic mass is 10.1. The molecule has 26 heavy (non-hydrogen) atoms. The van der Waals surface area contributed by atoms with Gasteiger partial charge in [-0.25, -0.2) is 0 Å². The van der Waals surface area contributed by atoms with E-state index < -0.39 is 0 Å². The quantitative estimate of drug-likeness (QED) is 0.568. The molecule has 0 fully saturated rings. The van der Waals surface area contributed by atoms with Gasteiger partial charge in [0.15, 0.2) is 0 Å². The van der Waals surface area contributed by atoms with Crippen molar-refractivity contribution in [3.8, 4) is 0 Å². The van der Waals surface area contributed by atoms with E-state index in [0.717, 1.165) is 18.5 Å². The molecule has 2 aromatic rings. The van der Waals surface area contributed by atoms with Crippen LogP contribution in [0.4, 0.5) is 5.69 Å². The number of benzene rings is 2. The summed E-state index contributed by atoms with van der Waals surface area (Å²) in [6.45, 7) is 1.49.